The number of anilines is 1. The summed E-state index contributed by atoms with van der Waals surface area (Å²) in [5.74, 6) is 0.427. The second-order valence-corrected chi connectivity index (χ2v) is 8.26. The lowest BCUT2D eigenvalue weighted by Crippen LogP contribution is -2.42. The SMILES string of the molecule is COC(=O)c1ccc(Cl)c(NC(=S)N[C@@H]2CC(C)(C)Oc3cc(C)ccc32)c1. The first kappa shape index (κ1) is 20.4. The van der Waals surface area contributed by atoms with Crippen LogP contribution in [0.25, 0.3) is 0 Å². The summed E-state index contributed by atoms with van der Waals surface area (Å²) in [5.41, 5.74) is 2.81. The van der Waals surface area contributed by atoms with Crippen molar-refractivity contribution in [1.82, 2.24) is 5.32 Å². The van der Waals surface area contributed by atoms with Gasteiger partial charge in [-0.15, -0.1) is 0 Å². The Labute approximate surface area is 175 Å². The van der Waals surface area contributed by atoms with Gasteiger partial charge in [0.15, 0.2) is 5.11 Å². The van der Waals surface area contributed by atoms with Gasteiger partial charge in [-0.2, -0.15) is 0 Å². The van der Waals surface area contributed by atoms with Crippen molar-refractivity contribution in [3.05, 3.63) is 58.1 Å². The van der Waals surface area contributed by atoms with E-state index < -0.39 is 5.97 Å². The van der Waals surface area contributed by atoms with Crippen LogP contribution in [0.4, 0.5) is 5.69 Å². The highest BCUT2D eigenvalue weighted by atomic mass is 35.5. The van der Waals surface area contributed by atoms with E-state index in [1.54, 1.807) is 18.2 Å². The number of methoxy groups -OCH3 is 1. The van der Waals surface area contributed by atoms with Crippen LogP contribution in [0.5, 0.6) is 5.75 Å². The lowest BCUT2D eigenvalue weighted by atomic mass is 9.89. The summed E-state index contributed by atoms with van der Waals surface area (Å²) in [6.45, 7) is 6.15. The molecule has 2 aromatic carbocycles. The van der Waals surface area contributed by atoms with Crippen LogP contribution in [0.15, 0.2) is 36.4 Å². The van der Waals surface area contributed by atoms with Crippen molar-refractivity contribution >= 4 is 40.6 Å². The number of esters is 1. The van der Waals surface area contributed by atoms with Crippen LogP contribution >= 0.6 is 23.8 Å². The number of aryl methyl sites for hydroxylation is 1. The molecule has 0 saturated carbocycles. The standard InChI is InChI=1S/C21H23ClN2O3S/c1-12-5-7-14-17(11-21(2,3)27-18(14)9-12)24-20(28)23-16-10-13(19(25)26-4)6-8-15(16)22/h5-10,17H,11H2,1-4H3,(H2,23,24,28)/t17-/m1/s1. The highest BCUT2D eigenvalue weighted by Crippen LogP contribution is 2.40. The van der Waals surface area contributed by atoms with E-state index in [1.807, 2.05) is 13.0 Å². The van der Waals surface area contributed by atoms with E-state index in [0.717, 1.165) is 23.3 Å². The molecule has 0 aliphatic carbocycles. The van der Waals surface area contributed by atoms with Gasteiger partial charge in [-0.1, -0.05) is 23.7 Å². The van der Waals surface area contributed by atoms with Crippen LogP contribution in [0.1, 0.15) is 47.8 Å². The quantitative estimate of drug-likeness (QED) is 0.539. The number of benzene rings is 2. The molecule has 28 heavy (non-hydrogen) atoms. The largest absolute Gasteiger partial charge is 0.487 e. The molecule has 0 bridgehead atoms. The smallest absolute Gasteiger partial charge is 0.337 e. The van der Waals surface area contributed by atoms with Crippen LogP contribution in [0, 0.1) is 6.92 Å². The molecule has 0 fully saturated rings. The third kappa shape index (κ3) is 4.56. The fourth-order valence-corrected chi connectivity index (χ4v) is 3.69. The van der Waals surface area contributed by atoms with Crippen molar-refractivity contribution in [2.45, 2.75) is 38.8 Å². The molecule has 0 amide bonds. The van der Waals surface area contributed by atoms with Crippen molar-refractivity contribution in [2.75, 3.05) is 12.4 Å². The van der Waals surface area contributed by atoms with Gasteiger partial charge in [0.2, 0.25) is 0 Å². The first-order valence-electron chi connectivity index (χ1n) is 8.93. The summed E-state index contributed by atoms with van der Waals surface area (Å²) >= 11 is 11.8. The predicted octanol–water partition coefficient (Wildman–Crippen LogP) is 5.02. The Kier molecular flexibility index (Phi) is 5.82. The number of fused-ring (bicyclic) bond motifs is 1. The van der Waals surface area contributed by atoms with Crippen LogP contribution in [-0.2, 0) is 4.74 Å². The molecule has 2 aromatic rings. The number of halogens is 1. The number of ether oxygens (including phenoxy) is 2. The Morgan fingerprint density at radius 3 is 2.75 bits per heavy atom. The van der Waals surface area contributed by atoms with Gasteiger partial charge >= 0.3 is 5.97 Å². The van der Waals surface area contributed by atoms with Crippen molar-refractivity contribution in [1.29, 1.82) is 0 Å². The Morgan fingerprint density at radius 2 is 2.04 bits per heavy atom. The minimum Gasteiger partial charge on any atom is -0.487 e. The zero-order chi connectivity index (χ0) is 20.5. The van der Waals surface area contributed by atoms with Gasteiger partial charge in [0.05, 0.1) is 29.4 Å². The topological polar surface area (TPSA) is 59.6 Å². The fourth-order valence-electron chi connectivity index (χ4n) is 3.27. The average molecular weight is 419 g/mol. The molecule has 7 heteroatoms. The van der Waals surface area contributed by atoms with E-state index in [2.05, 4.69) is 36.6 Å². The number of hydrogen-bond donors (Lipinski definition) is 2. The molecular weight excluding hydrogens is 396 g/mol. The summed E-state index contributed by atoms with van der Waals surface area (Å²) in [7, 11) is 1.34. The molecule has 0 unspecified atom stereocenters. The lowest BCUT2D eigenvalue weighted by molar-refractivity contribution is 0.0600. The van der Waals surface area contributed by atoms with E-state index in [4.69, 9.17) is 33.3 Å². The molecule has 1 heterocycles. The van der Waals surface area contributed by atoms with Gasteiger partial charge in [-0.25, -0.2) is 4.79 Å². The zero-order valence-electron chi connectivity index (χ0n) is 16.3. The Morgan fingerprint density at radius 1 is 1.29 bits per heavy atom. The molecule has 1 aliphatic rings. The highest BCUT2D eigenvalue weighted by Gasteiger charge is 2.34. The average Bonchev–Trinajstić information content (AvgIpc) is 2.61. The Hall–Kier alpha value is -2.31. The Bertz CT molecular complexity index is 930. The number of rotatable bonds is 3. The molecule has 0 spiro atoms. The van der Waals surface area contributed by atoms with Gasteiger partial charge in [0.1, 0.15) is 11.4 Å². The first-order valence-corrected chi connectivity index (χ1v) is 9.72. The van der Waals surface area contributed by atoms with Crippen molar-refractivity contribution in [3.63, 3.8) is 0 Å². The third-order valence-corrected chi connectivity index (χ3v) is 5.12. The summed E-state index contributed by atoms with van der Waals surface area (Å²) in [6, 6.07) is 11.0. The molecule has 1 atom stereocenters. The third-order valence-electron chi connectivity index (χ3n) is 4.57. The monoisotopic (exact) mass is 418 g/mol. The van der Waals surface area contributed by atoms with E-state index >= 15 is 0 Å². The van der Waals surface area contributed by atoms with Gasteiger partial charge in [0.25, 0.3) is 0 Å². The van der Waals surface area contributed by atoms with Crippen molar-refractivity contribution < 1.29 is 14.3 Å². The van der Waals surface area contributed by atoms with Gasteiger partial charge in [0, 0.05) is 12.0 Å². The maximum atomic E-state index is 11.8. The number of carbonyl (C=O) groups excluding carboxylic acids is 1. The molecular formula is C21H23ClN2O3S. The lowest BCUT2D eigenvalue weighted by Gasteiger charge is -2.38. The molecule has 148 valence electrons. The minimum absolute atomic E-state index is 0.0121. The van der Waals surface area contributed by atoms with Crippen LogP contribution in [-0.4, -0.2) is 23.8 Å². The molecule has 0 saturated heterocycles. The molecule has 1 aliphatic heterocycles. The summed E-state index contributed by atoms with van der Waals surface area (Å²) in [5, 5.41) is 7.31. The van der Waals surface area contributed by atoms with E-state index in [-0.39, 0.29) is 11.6 Å². The normalized spacial score (nSPS) is 17.1. The molecule has 2 N–H and O–H groups in total. The van der Waals surface area contributed by atoms with Crippen molar-refractivity contribution in [2.24, 2.45) is 0 Å². The van der Waals surface area contributed by atoms with Gasteiger partial charge in [-0.3, -0.25) is 0 Å². The maximum absolute atomic E-state index is 11.8. The summed E-state index contributed by atoms with van der Waals surface area (Å²) < 4.78 is 10.9. The summed E-state index contributed by atoms with van der Waals surface area (Å²) in [6.07, 6.45) is 0.751. The number of carbonyl (C=O) groups is 1. The molecule has 3 rings (SSSR count). The second-order valence-electron chi connectivity index (χ2n) is 7.44. The van der Waals surface area contributed by atoms with E-state index in [9.17, 15) is 4.79 Å². The second kappa shape index (κ2) is 7.97. The van der Waals surface area contributed by atoms with E-state index in [1.165, 1.54) is 7.11 Å². The minimum atomic E-state index is -0.436. The first-order chi connectivity index (χ1) is 13.2. The number of hydrogen-bond acceptors (Lipinski definition) is 4. The Balaban J connectivity index is 1.79. The highest BCUT2D eigenvalue weighted by molar-refractivity contribution is 7.80. The summed E-state index contributed by atoms with van der Waals surface area (Å²) in [4.78, 5) is 11.8. The number of nitrogens with one attached hydrogen (secondary N) is 2. The van der Waals surface area contributed by atoms with Crippen LogP contribution < -0.4 is 15.4 Å². The predicted molar refractivity (Wildman–Crippen MR) is 115 cm³/mol. The van der Waals surface area contributed by atoms with E-state index in [0.29, 0.717) is 21.4 Å². The van der Waals surface area contributed by atoms with Crippen LogP contribution in [0.2, 0.25) is 5.02 Å². The molecule has 5 nitrogen and oxygen atoms in total. The van der Waals surface area contributed by atoms with Crippen molar-refractivity contribution in [3.8, 4) is 5.75 Å². The zero-order valence-corrected chi connectivity index (χ0v) is 17.8. The fraction of sp³-hybridized carbons (Fsp3) is 0.333. The van der Waals surface area contributed by atoms with Gasteiger partial charge in [-0.05, 0) is 62.8 Å². The molecule has 0 aromatic heterocycles. The van der Waals surface area contributed by atoms with Gasteiger partial charge < -0.3 is 20.1 Å². The maximum Gasteiger partial charge on any atom is 0.337 e. The molecule has 0 radical (unpaired) electrons. The van der Waals surface area contributed by atoms with Crippen LogP contribution in [0.3, 0.4) is 0 Å². The number of thiocarbonyl (C=S) groups is 1.